The van der Waals surface area contributed by atoms with Crippen LogP contribution in [0.2, 0.25) is 0 Å². The first kappa shape index (κ1) is 10.8. The van der Waals surface area contributed by atoms with E-state index in [4.69, 9.17) is 0 Å². The molecule has 1 atom stereocenters. The van der Waals surface area contributed by atoms with E-state index in [1.165, 1.54) is 38.6 Å². The fourth-order valence-corrected chi connectivity index (χ4v) is 5.75. The van der Waals surface area contributed by atoms with E-state index in [9.17, 15) is 5.11 Å². The van der Waals surface area contributed by atoms with Gasteiger partial charge in [-0.25, -0.2) is 0 Å². The summed E-state index contributed by atoms with van der Waals surface area (Å²) in [7, 11) is 0. The van der Waals surface area contributed by atoms with Crippen molar-refractivity contribution in [3.63, 3.8) is 0 Å². The van der Waals surface area contributed by atoms with E-state index < -0.39 is 0 Å². The van der Waals surface area contributed by atoms with Gasteiger partial charge < -0.3 is 5.11 Å². The number of piperidine rings is 1. The quantitative estimate of drug-likeness (QED) is 0.753. The number of aliphatic hydroxyl groups is 1. The van der Waals surface area contributed by atoms with Crippen LogP contribution in [0.4, 0.5) is 0 Å². The summed E-state index contributed by atoms with van der Waals surface area (Å²) in [6.45, 7) is 2.22. The van der Waals surface area contributed by atoms with E-state index >= 15 is 0 Å². The molecule has 2 nitrogen and oxygen atoms in total. The molecule has 0 aromatic rings. The van der Waals surface area contributed by atoms with Crippen LogP contribution in [0.25, 0.3) is 0 Å². The Morgan fingerprint density at radius 1 is 0.882 bits per heavy atom. The molecule has 5 rings (SSSR count). The maximum absolute atomic E-state index is 9.89. The van der Waals surface area contributed by atoms with Crippen molar-refractivity contribution in [2.45, 2.75) is 57.1 Å². The lowest BCUT2D eigenvalue weighted by Crippen LogP contribution is -2.58. The molecule has 1 saturated heterocycles. The minimum Gasteiger partial charge on any atom is -0.392 e. The van der Waals surface area contributed by atoms with Crippen molar-refractivity contribution in [1.29, 1.82) is 0 Å². The molecule has 4 bridgehead atoms. The average Bonchev–Trinajstić information content (AvgIpc) is 2.27. The number of nitrogens with zero attached hydrogens (tertiary/aromatic N) is 1. The van der Waals surface area contributed by atoms with Crippen LogP contribution in [0.3, 0.4) is 0 Å². The maximum Gasteiger partial charge on any atom is 0.0667 e. The average molecular weight is 235 g/mol. The summed E-state index contributed by atoms with van der Waals surface area (Å²) in [5.41, 5.74) is 0. The Labute approximate surface area is 104 Å². The standard InChI is InChI=1S/C15H25NO/c17-14-2-1-3-16(9-14)15-12-5-10-4-11(7-12)8-13(15)6-10/h10-15,17H,1-9H2. The van der Waals surface area contributed by atoms with Gasteiger partial charge in [-0.05, 0) is 75.2 Å². The molecule has 0 amide bonds. The highest BCUT2D eigenvalue weighted by atomic mass is 16.3. The van der Waals surface area contributed by atoms with Gasteiger partial charge in [0.15, 0.2) is 0 Å². The van der Waals surface area contributed by atoms with E-state index in [-0.39, 0.29) is 6.10 Å². The summed E-state index contributed by atoms with van der Waals surface area (Å²) in [6.07, 6.45) is 9.76. The van der Waals surface area contributed by atoms with Crippen molar-refractivity contribution in [3.05, 3.63) is 0 Å². The number of β-amino-alcohol motifs (C(OH)–C–C–N with tert-alkyl or cyclic N) is 1. The van der Waals surface area contributed by atoms with Crippen LogP contribution in [0.15, 0.2) is 0 Å². The third kappa shape index (κ3) is 1.76. The van der Waals surface area contributed by atoms with Gasteiger partial charge in [-0.15, -0.1) is 0 Å². The second kappa shape index (κ2) is 3.96. The van der Waals surface area contributed by atoms with Gasteiger partial charge in [-0.3, -0.25) is 4.90 Å². The third-order valence-corrected chi connectivity index (χ3v) is 6.03. The molecule has 4 saturated carbocycles. The van der Waals surface area contributed by atoms with Gasteiger partial charge in [0.05, 0.1) is 6.10 Å². The molecule has 5 aliphatic rings. The Morgan fingerprint density at radius 2 is 1.53 bits per heavy atom. The van der Waals surface area contributed by atoms with E-state index in [1.807, 2.05) is 0 Å². The lowest BCUT2D eigenvalue weighted by Gasteiger charge is -2.58. The Kier molecular flexibility index (Phi) is 2.52. The predicted octanol–water partition coefficient (Wildman–Crippen LogP) is 2.27. The molecule has 0 aromatic carbocycles. The molecule has 1 unspecified atom stereocenters. The molecule has 0 aromatic heterocycles. The van der Waals surface area contributed by atoms with E-state index in [0.717, 1.165) is 42.7 Å². The van der Waals surface area contributed by atoms with E-state index in [0.29, 0.717) is 0 Å². The normalized spacial score (nSPS) is 54.2. The van der Waals surface area contributed by atoms with Crippen LogP contribution >= 0.6 is 0 Å². The minimum absolute atomic E-state index is 0.0408. The second-order valence-corrected chi connectivity index (χ2v) is 7.21. The van der Waals surface area contributed by atoms with Gasteiger partial charge >= 0.3 is 0 Å². The summed E-state index contributed by atoms with van der Waals surface area (Å²) < 4.78 is 0. The van der Waals surface area contributed by atoms with Crippen LogP contribution in [0.1, 0.15) is 44.9 Å². The molecule has 1 heterocycles. The molecule has 96 valence electrons. The summed E-state index contributed by atoms with van der Waals surface area (Å²) >= 11 is 0. The van der Waals surface area contributed by atoms with Crippen molar-refractivity contribution in [3.8, 4) is 0 Å². The highest BCUT2D eigenvalue weighted by molar-refractivity contribution is 5.02. The van der Waals surface area contributed by atoms with Gasteiger partial charge in [-0.2, -0.15) is 0 Å². The zero-order valence-corrected chi connectivity index (χ0v) is 10.7. The molecule has 4 aliphatic carbocycles. The van der Waals surface area contributed by atoms with Crippen LogP contribution in [0, 0.1) is 23.7 Å². The highest BCUT2D eigenvalue weighted by Crippen LogP contribution is 2.55. The van der Waals surface area contributed by atoms with Crippen molar-refractivity contribution in [1.82, 2.24) is 4.90 Å². The molecule has 0 radical (unpaired) electrons. The summed E-state index contributed by atoms with van der Waals surface area (Å²) in [5, 5.41) is 9.89. The molecule has 2 heteroatoms. The summed E-state index contributed by atoms with van der Waals surface area (Å²) in [6, 6.07) is 0.845. The lowest BCUT2D eigenvalue weighted by molar-refractivity contribution is -0.0841. The van der Waals surface area contributed by atoms with Gasteiger partial charge in [0.25, 0.3) is 0 Å². The van der Waals surface area contributed by atoms with Gasteiger partial charge in [0.1, 0.15) is 0 Å². The SMILES string of the molecule is OC1CCCN(C2C3CC4CC(C3)CC2C4)C1. The smallest absolute Gasteiger partial charge is 0.0667 e. The van der Waals surface area contributed by atoms with Gasteiger partial charge in [-0.1, -0.05) is 0 Å². The monoisotopic (exact) mass is 235 g/mol. The summed E-state index contributed by atoms with van der Waals surface area (Å²) in [5.74, 6) is 4.11. The molecule has 0 spiro atoms. The lowest BCUT2D eigenvalue weighted by atomic mass is 9.53. The molecular weight excluding hydrogens is 210 g/mol. The van der Waals surface area contributed by atoms with Gasteiger partial charge in [0.2, 0.25) is 0 Å². The number of likely N-dealkylation sites (tertiary alicyclic amines) is 1. The topological polar surface area (TPSA) is 23.5 Å². The van der Waals surface area contributed by atoms with E-state index in [2.05, 4.69) is 4.90 Å². The molecular formula is C15H25NO. The number of hydrogen-bond donors (Lipinski definition) is 1. The first-order valence-corrected chi connectivity index (χ1v) is 7.71. The summed E-state index contributed by atoms with van der Waals surface area (Å²) in [4.78, 5) is 2.67. The van der Waals surface area contributed by atoms with Crippen molar-refractivity contribution in [2.24, 2.45) is 23.7 Å². The van der Waals surface area contributed by atoms with Crippen LogP contribution in [-0.2, 0) is 0 Å². The number of hydrogen-bond acceptors (Lipinski definition) is 2. The Bertz CT molecular complexity index is 275. The fraction of sp³-hybridized carbons (Fsp3) is 1.00. The zero-order valence-electron chi connectivity index (χ0n) is 10.7. The maximum atomic E-state index is 9.89. The number of aliphatic hydroxyl groups excluding tert-OH is 1. The van der Waals surface area contributed by atoms with Crippen molar-refractivity contribution < 1.29 is 5.11 Å². The Balaban J connectivity index is 1.53. The molecule has 17 heavy (non-hydrogen) atoms. The Hall–Kier alpha value is -0.0800. The minimum atomic E-state index is -0.0408. The van der Waals surface area contributed by atoms with Crippen molar-refractivity contribution >= 4 is 0 Å². The second-order valence-electron chi connectivity index (χ2n) is 7.21. The van der Waals surface area contributed by atoms with Crippen LogP contribution in [0.5, 0.6) is 0 Å². The predicted molar refractivity (Wildman–Crippen MR) is 67.6 cm³/mol. The molecule has 1 N–H and O–H groups in total. The highest BCUT2D eigenvalue weighted by Gasteiger charge is 2.50. The van der Waals surface area contributed by atoms with Crippen LogP contribution in [-0.4, -0.2) is 35.2 Å². The third-order valence-electron chi connectivity index (χ3n) is 6.03. The van der Waals surface area contributed by atoms with E-state index in [1.54, 1.807) is 6.42 Å². The van der Waals surface area contributed by atoms with Gasteiger partial charge in [0, 0.05) is 12.6 Å². The zero-order chi connectivity index (χ0) is 11.4. The van der Waals surface area contributed by atoms with Crippen molar-refractivity contribution in [2.75, 3.05) is 13.1 Å². The molecule has 1 aliphatic heterocycles. The first-order chi connectivity index (χ1) is 8.29. The largest absolute Gasteiger partial charge is 0.392 e. The first-order valence-electron chi connectivity index (χ1n) is 7.71. The number of rotatable bonds is 1. The Morgan fingerprint density at radius 3 is 2.12 bits per heavy atom. The fourth-order valence-electron chi connectivity index (χ4n) is 5.75. The van der Waals surface area contributed by atoms with Crippen LogP contribution < -0.4 is 0 Å². The molecule has 5 fully saturated rings.